The number of thiazole rings is 1. The number of benzene rings is 1. The third kappa shape index (κ3) is 13.2. The van der Waals surface area contributed by atoms with Gasteiger partial charge in [-0.25, -0.2) is 0 Å². The van der Waals surface area contributed by atoms with Gasteiger partial charge in [-0.1, -0.05) is 121 Å². The fourth-order valence-electron chi connectivity index (χ4n) is 5.68. The van der Waals surface area contributed by atoms with E-state index in [1.807, 2.05) is 0 Å². The maximum atomic E-state index is 13.1. The first kappa shape index (κ1) is 34.2. The van der Waals surface area contributed by atoms with Crippen LogP contribution in [0.1, 0.15) is 136 Å². The van der Waals surface area contributed by atoms with Crippen LogP contribution in [0.5, 0.6) is 0 Å². The van der Waals surface area contributed by atoms with Gasteiger partial charge in [0.2, 0.25) is 0 Å². The molecule has 0 amide bonds. The van der Waals surface area contributed by atoms with E-state index < -0.39 is 0 Å². The number of rotatable bonds is 23. The van der Waals surface area contributed by atoms with Crippen molar-refractivity contribution in [1.29, 1.82) is 0 Å². The fraction of sp³-hybridized carbons (Fsp3) is 0.781. The van der Waals surface area contributed by atoms with E-state index in [-0.39, 0.29) is 17.3 Å². The van der Waals surface area contributed by atoms with E-state index in [1.54, 1.807) is 0 Å². The first-order chi connectivity index (χ1) is 17.7. The van der Waals surface area contributed by atoms with Gasteiger partial charge in [0, 0.05) is 0 Å². The van der Waals surface area contributed by atoms with Gasteiger partial charge in [0.05, 0.1) is 29.9 Å². The SMILES string of the molecule is CCCCCCCC[N+](CCCCCCCC)(CCCCCCCC)Cn1c(=O)sc2ccccc21.Cl. The molecule has 0 saturated heterocycles. The number of para-hydroxylation sites is 1. The highest BCUT2D eigenvalue weighted by atomic mass is 35.5. The molecule has 3 nitrogen and oxygen atoms in total. The molecule has 1 heterocycles. The predicted molar refractivity (Wildman–Crippen MR) is 168 cm³/mol. The molecule has 0 aliphatic rings. The number of fused-ring (bicyclic) bond motifs is 1. The van der Waals surface area contributed by atoms with Crippen molar-refractivity contribution in [3.8, 4) is 0 Å². The smallest absolute Gasteiger partial charge is 0.306 e. The molecule has 1 aromatic carbocycles. The van der Waals surface area contributed by atoms with Crippen molar-refractivity contribution in [2.75, 3.05) is 19.6 Å². The Kier molecular flexibility index (Phi) is 19.4. The maximum Gasteiger partial charge on any atom is 0.312 e. The molecule has 0 aliphatic carbocycles. The average molecular weight is 554 g/mol. The van der Waals surface area contributed by atoms with Gasteiger partial charge in [0.15, 0.2) is 6.67 Å². The largest absolute Gasteiger partial charge is 0.312 e. The van der Waals surface area contributed by atoms with Gasteiger partial charge in [0.25, 0.3) is 0 Å². The van der Waals surface area contributed by atoms with Crippen LogP contribution in [0.4, 0.5) is 0 Å². The Balaban J connectivity index is 0.00000684. The molecular formula is C32H58ClN2OS+. The zero-order chi connectivity index (χ0) is 25.9. The third-order valence-electron chi connectivity index (χ3n) is 7.97. The van der Waals surface area contributed by atoms with Crippen molar-refractivity contribution in [3.63, 3.8) is 0 Å². The highest BCUT2D eigenvalue weighted by molar-refractivity contribution is 7.16. The van der Waals surface area contributed by atoms with E-state index in [4.69, 9.17) is 0 Å². The number of hydrogen-bond donors (Lipinski definition) is 0. The van der Waals surface area contributed by atoms with E-state index in [0.29, 0.717) is 0 Å². The minimum atomic E-state index is 0. The number of unbranched alkanes of at least 4 members (excludes halogenated alkanes) is 15. The topological polar surface area (TPSA) is 22.0 Å². The van der Waals surface area contributed by atoms with Crippen molar-refractivity contribution < 1.29 is 4.48 Å². The van der Waals surface area contributed by atoms with E-state index in [9.17, 15) is 4.79 Å². The molecule has 5 heteroatoms. The van der Waals surface area contributed by atoms with E-state index in [2.05, 4.69) is 49.6 Å². The van der Waals surface area contributed by atoms with Gasteiger partial charge in [-0.2, -0.15) is 0 Å². The second kappa shape index (κ2) is 21.0. The lowest BCUT2D eigenvalue weighted by molar-refractivity contribution is -0.949. The van der Waals surface area contributed by atoms with Crippen LogP contribution in [0.15, 0.2) is 29.1 Å². The van der Waals surface area contributed by atoms with Crippen molar-refractivity contribution in [3.05, 3.63) is 33.9 Å². The number of nitrogens with zero attached hydrogens (tertiary/aromatic N) is 2. The molecule has 1 aromatic heterocycles. The monoisotopic (exact) mass is 553 g/mol. The van der Waals surface area contributed by atoms with Gasteiger partial charge < -0.3 is 4.48 Å². The van der Waals surface area contributed by atoms with E-state index >= 15 is 0 Å². The van der Waals surface area contributed by atoms with E-state index in [0.717, 1.165) is 21.4 Å². The lowest BCUT2D eigenvalue weighted by Crippen LogP contribution is -2.52. The summed E-state index contributed by atoms with van der Waals surface area (Å²) in [7, 11) is 0. The molecule has 0 aliphatic heterocycles. The minimum Gasteiger partial charge on any atom is -0.306 e. The Labute approximate surface area is 239 Å². The first-order valence-corrected chi connectivity index (χ1v) is 16.4. The summed E-state index contributed by atoms with van der Waals surface area (Å²) in [4.78, 5) is 13.4. The summed E-state index contributed by atoms with van der Waals surface area (Å²) in [5.41, 5.74) is 1.14. The molecule has 0 bridgehead atoms. The highest BCUT2D eigenvalue weighted by Crippen LogP contribution is 2.23. The third-order valence-corrected chi connectivity index (χ3v) is 8.93. The summed E-state index contributed by atoms with van der Waals surface area (Å²) < 4.78 is 4.38. The normalized spacial score (nSPS) is 11.8. The van der Waals surface area contributed by atoms with Crippen LogP contribution in [0.25, 0.3) is 10.2 Å². The summed E-state index contributed by atoms with van der Waals surface area (Å²) in [6, 6.07) is 8.42. The summed E-state index contributed by atoms with van der Waals surface area (Å²) in [6.45, 7) is 11.4. The Morgan fingerprint density at radius 3 is 1.49 bits per heavy atom. The fourth-order valence-corrected chi connectivity index (χ4v) is 6.56. The number of halogens is 1. The number of aromatic nitrogens is 1. The van der Waals surface area contributed by atoms with Crippen LogP contribution in [0.2, 0.25) is 0 Å². The lowest BCUT2D eigenvalue weighted by Gasteiger charge is -2.39. The zero-order valence-electron chi connectivity index (χ0n) is 24.5. The molecule has 0 radical (unpaired) electrons. The Hall–Kier alpha value is -0.840. The predicted octanol–water partition coefficient (Wildman–Crippen LogP) is 10.3. The van der Waals surface area contributed by atoms with Crippen LogP contribution >= 0.6 is 23.7 Å². The van der Waals surface area contributed by atoms with Gasteiger partial charge in [-0.15, -0.1) is 12.4 Å². The van der Waals surface area contributed by atoms with Gasteiger partial charge in [0.1, 0.15) is 0 Å². The Morgan fingerprint density at radius 1 is 0.622 bits per heavy atom. The average Bonchev–Trinajstić information content (AvgIpc) is 3.20. The van der Waals surface area contributed by atoms with Gasteiger partial charge in [-0.3, -0.25) is 9.36 Å². The molecule has 0 N–H and O–H groups in total. The summed E-state index contributed by atoms with van der Waals surface area (Å²) in [5.74, 6) is 0. The molecule has 2 rings (SSSR count). The number of quaternary nitrogens is 1. The van der Waals surface area contributed by atoms with Crippen molar-refractivity contribution >= 4 is 34.0 Å². The Bertz CT molecular complexity index is 821. The van der Waals surface area contributed by atoms with Crippen LogP contribution in [0, 0.1) is 0 Å². The van der Waals surface area contributed by atoms with Gasteiger partial charge >= 0.3 is 4.87 Å². The van der Waals surface area contributed by atoms with Crippen LogP contribution in [-0.2, 0) is 6.67 Å². The summed E-state index contributed by atoms with van der Waals surface area (Å²) in [5, 5.41) is 0. The van der Waals surface area contributed by atoms with Gasteiger partial charge in [-0.05, 0) is 50.7 Å². The standard InChI is InChI=1S/C32H57N2OS.ClH/c1-4-7-10-13-16-21-26-34(27-22-17-14-11-8-5-2,28-23-18-15-12-9-6-3)29-33-30-24-19-20-25-31(30)36-32(33)35;/h19-20,24-25H,4-18,21-23,26-29H2,1-3H3;1H/q+1;. The van der Waals surface area contributed by atoms with Crippen LogP contribution < -0.4 is 4.87 Å². The van der Waals surface area contributed by atoms with Crippen LogP contribution in [-0.4, -0.2) is 28.7 Å². The molecule has 0 unspecified atom stereocenters. The maximum absolute atomic E-state index is 13.1. The molecule has 214 valence electrons. The zero-order valence-corrected chi connectivity index (χ0v) is 26.1. The van der Waals surface area contributed by atoms with Crippen molar-refractivity contribution in [1.82, 2.24) is 4.57 Å². The van der Waals surface area contributed by atoms with Crippen LogP contribution in [0.3, 0.4) is 0 Å². The summed E-state index contributed by atoms with van der Waals surface area (Å²) in [6.07, 6.45) is 24.2. The first-order valence-electron chi connectivity index (χ1n) is 15.6. The molecular weight excluding hydrogens is 496 g/mol. The van der Waals surface area contributed by atoms with Crippen molar-refractivity contribution in [2.24, 2.45) is 0 Å². The summed E-state index contributed by atoms with van der Waals surface area (Å²) >= 11 is 1.43. The second-order valence-electron chi connectivity index (χ2n) is 11.2. The molecule has 0 spiro atoms. The molecule has 0 atom stereocenters. The second-order valence-corrected chi connectivity index (χ2v) is 12.2. The quantitative estimate of drug-likeness (QED) is 0.0990. The highest BCUT2D eigenvalue weighted by Gasteiger charge is 2.28. The molecule has 0 fully saturated rings. The van der Waals surface area contributed by atoms with Crippen molar-refractivity contribution in [2.45, 2.75) is 143 Å². The minimum absolute atomic E-state index is 0. The number of hydrogen-bond acceptors (Lipinski definition) is 2. The Morgan fingerprint density at radius 2 is 1.03 bits per heavy atom. The van der Waals surface area contributed by atoms with E-state index in [1.165, 1.54) is 147 Å². The molecule has 2 aromatic rings. The molecule has 37 heavy (non-hydrogen) atoms. The molecule has 0 saturated carbocycles. The lowest BCUT2D eigenvalue weighted by atomic mass is 10.1.